The van der Waals surface area contributed by atoms with Crippen LogP contribution in [0.1, 0.15) is 24.0 Å². The fourth-order valence-electron chi connectivity index (χ4n) is 3.30. The molecule has 2 atom stereocenters. The Balaban J connectivity index is 1.55. The minimum Gasteiger partial charge on any atom is -0.381 e. The number of ether oxygens (including phenoxy) is 1. The summed E-state index contributed by atoms with van der Waals surface area (Å²) in [4.78, 5) is 25.8. The van der Waals surface area contributed by atoms with E-state index in [9.17, 15) is 22.8 Å². The van der Waals surface area contributed by atoms with Gasteiger partial charge in [-0.25, -0.2) is 0 Å². The smallest absolute Gasteiger partial charge is 0.381 e. The maximum atomic E-state index is 12.8. The molecule has 0 aromatic heterocycles. The number of hydrogen-bond donors (Lipinski definition) is 1. The molecule has 0 aliphatic carbocycles. The van der Waals surface area contributed by atoms with Gasteiger partial charge in [-0.15, -0.1) is 0 Å². The number of benzene rings is 1. The van der Waals surface area contributed by atoms with Crippen molar-refractivity contribution in [2.75, 3.05) is 26.3 Å². The molecule has 0 radical (unpaired) electrons. The Kier molecular flexibility index (Phi) is 5.50. The summed E-state index contributed by atoms with van der Waals surface area (Å²) >= 11 is 0. The van der Waals surface area contributed by atoms with Gasteiger partial charge in [0.2, 0.25) is 11.8 Å². The van der Waals surface area contributed by atoms with Crippen LogP contribution in [0.25, 0.3) is 0 Å². The normalized spacial score (nSPS) is 23.5. The summed E-state index contributed by atoms with van der Waals surface area (Å²) in [7, 11) is 0. The minimum atomic E-state index is -4.42. The van der Waals surface area contributed by atoms with Crippen molar-refractivity contribution in [3.05, 3.63) is 35.4 Å². The lowest BCUT2D eigenvalue weighted by atomic mass is 10.1. The van der Waals surface area contributed by atoms with E-state index in [1.54, 1.807) is 6.07 Å². The zero-order valence-corrected chi connectivity index (χ0v) is 14.2. The van der Waals surface area contributed by atoms with Gasteiger partial charge in [0.25, 0.3) is 0 Å². The predicted octanol–water partition coefficient (Wildman–Crippen LogP) is 2.21. The molecular formula is C18H21F3N2O3. The van der Waals surface area contributed by atoms with E-state index in [4.69, 9.17) is 4.74 Å². The topological polar surface area (TPSA) is 58.6 Å². The van der Waals surface area contributed by atoms with Crippen molar-refractivity contribution in [3.63, 3.8) is 0 Å². The van der Waals surface area contributed by atoms with Crippen LogP contribution in [-0.4, -0.2) is 43.0 Å². The van der Waals surface area contributed by atoms with Crippen molar-refractivity contribution in [2.24, 2.45) is 11.8 Å². The SMILES string of the molecule is O=C(NC[C@H]1CCOC1)[C@H]1CC(=O)N(Cc2cccc(C(F)(F)F)c2)C1. The van der Waals surface area contributed by atoms with Crippen molar-refractivity contribution < 1.29 is 27.5 Å². The molecule has 1 N–H and O–H groups in total. The summed E-state index contributed by atoms with van der Waals surface area (Å²) in [6, 6.07) is 4.92. The average molecular weight is 370 g/mol. The van der Waals surface area contributed by atoms with Gasteiger partial charge in [0.15, 0.2) is 0 Å². The van der Waals surface area contributed by atoms with Crippen LogP contribution in [0.3, 0.4) is 0 Å². The standard InChI is InChI=1S/C18H21F3N2O3/c19-18(20,21)15-3-1-2-12(6-15)9-23-10-14(7-16(23)24)17(25)22-8-13-4-5-26-11-13/h1-3,6,13-14H,4-5,7-11H2,(H,22,25)/t13-,14+/m1/s1. The van der Waals surface area contributed by atoms with Crippen LogP contribution in [0.4, 0.5) is 13.2 Å². The fraction of sp³-hybridized carbons (Fsp3) is 0.556. The Bertz CT molecular complexity index is 672. The molecule has 2 amide bonds. The Morgan fingerprint density at radius 1 is 1.35 bits per heavy atom. The zero-order valence-electron chi connectivity index (χ0n) is 14.2. The van der Waals surface area contributed by atoms with Crippen molar-refractivity contribution in [2.45, 2.75) is 25.6 Å². The van der Waals surface area contributed by atoms with E-state index in [0.717, 1.165) is 18.6 Å². The van der Waals surface area contributed by atoms with Gasteiger partial charge in [0.1, 0.15) is 0 Å². The largest absolute Gasteiger partial charge is 0.416 e. The molecule has 26 heavy (non-hydrogen) atoms. The molecule has 1 aromatic carbocycles. The van der Waals surface area contributed by atoms with Crippen molar-refractivity contribution in [1.82, 2.24) is 10.2 Å². The van der Waals surface area contributed by atoms with E-state index in [-0.39, 0.29) is 31.3 Å². The quantitative estimate of drug-likeness (QED) is 0.865. The molecule has 2 aliphatic rings. The van der Waals surface area contributed by atoms with Crippen molar-refractivity contribution in [1.29, 1.82) is 0 Å². The zero-order chi connectivity index (χ0) is 18.7. The first-order valence-corrected chi connectivity index (χ1v) is 8.62. The van der Waals surface area contributed by atoms with Crippen molar-refractivity contribution in [3.8, 4) is 0 Å². The van der Waals surface area contributed by atoms with Gasteiger partial charge < -0.3 is 15.0 Å². The van der Waals surface area contributed by atoms with Gasteiger partial charge >= 0.3 is 6.18 Å². The molecule has 2 aliphatic heterocycles. The Hall–Kier alpha value is -2.09. The summed E-state index contributed by atoms with van der Waals surface area (Å²) in [5, 5.41) is 2.85. The summed E-state index contributed by atoms with van der Waals surface area (Å²) in [5.41, 5.74) is -0.341. The van der Waals surface area contributed by atoms with E-state index < -0.39 is 17.7 Å². The highest BCUT2D eigenvalue weighted by molar-refractivity contribution is 5.89. The fourth-order valence-corrected chi connectivity index (χ4v) is 3.30. The second-order valence-electron chi connectivity index (χ2n) is 6.85. The van der Waals surface area contributed by atoms with Gasteiger partial charge in [-0.2, -0.15) is 13.2 Å². The molecule has 0 bridgehead atoms. The average Bonchev–Trinajstić information content (AvgIpc) is 3.23. The third-order valence-electron chi connectivity index (χ3n) is 4.80. The summed E-state index contributed by atoms with van der Waals surface area (Å²) in [6.45, 7) is 2.15. The molecule has 142 valence electrons. The third-order valence-corrected chi connectivity index (χ3v) is 4.80. The molecule has 0 spiro atoms. The first-order chi connectivity index (χ1) is 12.3. The number of rotatable bonds is 5. The van der Waals surface area contributed by atoms with E-state index in [1.807, 2.05) is 0 Å². The van der Waals surface area contributed by atoms with Gasteiger partial charge in [-0.3, -0.25) is 9.59 Å². The summed E-state index contributed by atoms with van der Waals surface area (Å²) < 4.78 is 43.6. The monoisotopic (exact) mass is 370 g/mol. The first-order valence-electron chi connectivity index (χ1n) is 8.62. The highest BCUT2D eigenvalue weighted by Gasteiger charge is 2.35. The number of likely N-dealkylation sites (tertiary alicyclic amines) is 1. The molecule has 0 saturated carbocycles. The highest BCUT2D eigenvalue weighted by Crippen LogP contribution is 2.30. The van der Waals surface area contributed by atoms with Crippen LogP contribution in [0, 0.1) is 11.8 Å². The van der Waals surface area contributed by atoms with Crippen LogP contribution in [-0.2, 0) is 27.0 Å². The van der Waals surface area contributed by atoms with Gasteiger partial charge in [0.05, 0.1) is 18.1 Å². The highest BCUT2D eigenvalue weighted by atomic mass is 19.4. The van der Waals surface area contributed by atoms with Gasteiger partial charge in [-0.1, -0.05) is 12.1 Å². The summed E-state index contributed by atoms with van der Waals surface area (Å²) in [5.74, 6) is -0.559. The molecule has 0 unspecified atom stereocenters. The predicted molar refractivity (Wildman–Crippen MR) is 86.9 cm³/mol. The third kappa shape index (κ3) is 4.55. The van der Waals surface area contributed by atoms with E-state index in [1.165, 1.54) is 11.0 Å². The maximum Gasteiger partial charge on any atom is 0.416 e. The van der Waals surface area contributed by atoms with Crippen LogP contribution < -0.4 is 5.32 Å². The van der Waals surface area contributed by atoms with E-state index in [2.05, 4.69) is 5.32 Å². The van der Waals surface area contributed by atoms with Crippen molar-refractivity contribution >= 4 is 11.8 Å². The molecule has 3 rings (SSSR count). The van der Waals surface area contributed by atoms with E-state index in [0.29, 0.717) is 31.2 Å². The molecule has 1 aromatic rings. The number of amides is 2. The molecule has 2 saturated heterocycles. The molecule has 5 nitrogen and oxygen atoms in total. The van der Waals surface area contributed by atoms with Crippen LogP contribution in [0.15, 0.2) is 24.3 Å². The van der Waals surface area contributed by atoms with Gasteiger partial charge in [0, 0.05) is 38.6 Å². The van der Waals surface area contributed by atoms with Gasteiger partial charge in [-0.05, 0) is 24.1 Å². The van der Waals surface area contributed by atoms with Crippen LogP contribution in [0.5, 0.6) is 0 Å². The lowest BCUT2D eigenvalue weighted by Gasteiger charge is -2.18. The number of halogens is 3. The van der Waals surface area contributed by atoms with Crippen LogP contribution >= 0.6 is 0 Å². The minimum absolute atomic E-state index is 0.0724. The lowest BCUT2D eigenvalue weighted by molar-refractivity contribution is -0.137. The number of alkyl halides is 3. The first kappa shape index (κ1) is 18.7. The molecule has 2 fully saturated rings. The Morgan fingerprint density at radius 3 is 2.85 bits per heavy atom. The summed E-state index contributed by atoms with van der Waals surface area (Å²) in [6.07, 6.45) is -3.42. The Labute approximate surface area is 149 Å². The number of carbonyl (C=O) groups is 2. The number of nitrogens with zero attached hydrogens (tertiary/aromatic N) is 1. The second kappa shape index (κ2) is 7.65. The number of nitrogens with one attached hydrogen (secondary N) is 1. The maximum absolute atomic E-state index is 12.8. The second-order valence-corrected chi connectivity index (χ2v) is 6.85. The van der Waals surface area contributed by atoms with Crippen LogP contribution in [0.2, 0.25) is 0 Å². The lowest BCUT2D eigenvalue weighted by Crippen LogP contribution is -2.36. The number of carbonyl (C=O) groups excluding carboxylic acids is 2. The molecule has 2 heterocycles. The number of hydrogen-bond acceptors (Lipinski definition) is 3. The Morgan fingerprint density at radius 2 is 2.15 bits per heavy atom. The molecule has 8 heteroatoms. The van der Waals surface area contributed by atoms with E-state index >= 15 is 0 Å². The molecular weight excluding hydrogens is 349 g/mol.